The summed E-state index contributed by atoms with van der Waals surface area (Å²) >= 11 is 0. The second kappa shape index (κ2) is 14.3. The van der Waals surface area contributed by atoms with Crippen molar-refractivity contribution in [3.63, 3.8) is 0 Å². The zero-order chi connectivity index (χ0) is 32.9. The lowest BCUT2D eigenvalue weighted by atomic mass is 9.83. The topological polar surface area (TPSA) is 113 Å². The molecule has 0 radical (unpaired) electrons. The number of pyridine rings is 1. The smallest absolute Gasteiger partial charge is 0.323 e. The fourth-order valence-electron chi connectivity index (χ4n) is 5.56. The standard InChI is InChI=1S/C34H40F3N3O5/c1-20-11-12-23(25(35)17-20)31(42)24-13-14-28(41)40(32(24)38)30-26(36)18-22(19-27(30)37)44-16-8-15-39-29(21-9-6-5-7-10-21)33(43)45-34(2,3)4/h11-14,17-19,21,29,39H,5-10,15-16,38H2,1-4H3/t29-/m0/s1. The van der Waals surface area contributed by atoms with Gasteiger partial charge in [-0.05, 0) is 83.2 Å². The molecule has 8 nitrogen and oxygen atoms in total. The third-order valence-corrected chi connectivity index (χ3v) is 7.69. The number of esters is 1. The number of anilines is 1. The number of carbonyl (C=O) groups is 2. The molecule has 1 atom stereocenters. The normalized spacial score (nSPS) is 14.6. The minimum absolute atomic E-state index is 0.0884. The molecule has 0 bridgehead atoms. The minimum Gasteiger partial charge on any atom is -0.493 e. The Morgan fingerprint density at radius 3 is 2.24 bits per heavy atom. The first-order chi connectivity index (χ1) is 21.3. The number of nitrogens with zero attached hydrogens (tertiary/aromatic N) is 1. The van der Waals surface area contributed by atoms with Crippen molar-refractivity contribution >= 4 is 17.6 Å². The summed E-state index contributed by atoms with van der Waals surface area (Å²) in [7, 11) is 0. The predicted octanol–water partition coefficient (Wildman–Crippen LogP) is 6.03. The van der Waals surface area contributed by atoms with Crippen LogP contribution < -0.4 is 21.3 Å². The molecule has 45 heavy (non-hydrogen) atoms. The highest BCUT2D eigenvalue weighted by atomic mass is 19.1. The van der Waals surface area contributed by atoms with Crippen LogP contribution in [0.25, 0.3) is 5.69 Å². The summed E-state index contributed by atoms with van der Waals surface area (Å²) in [5, 5.41) is 3.29. The van der Waals surface area contributed by atoms with E-state index in [4.69, 9.17) is 15.2 Å². The number of halogens is 3. The zero-order valence-electron chi connectivity index (χ0n) is 26.1. The van der Waals surface area contributed by atoms with Crippen molar-refractivity contribution in [2.75, 3.05) is 18.9 Å². The van der Waals surface area contributed by atoms with Gasteiger partial charge in [-0.2, -0.15) is 0 Å². The molecule has 0 amide bonds. The summed E-state index contributed by atoms with van der Waals surface area (Å²) in [6.45, 7) is 7.64. The average Bonchev–Trinajstić information content (AvgIpc) is 2.95. The fraction of sp³-hybridized carbons (Fsp3) is 0.441. The Kier molecular flexibility index (Phi) is 10.7. The van der Waals surface area contributed by atoms with Gasteiger partial charge in [-0.25, -0.2) is 13.2 Å². The Morgan fingerprint density at radius 2 is 1.62 bits per heavy atom. The Bertz CT molecular complexity index is 1590. The van der Waals surface area contributed by atoms with E-state index in [2.05, 4.69) is 5.32 Å². The van der Waals surface area contributed by atoms with Crippen LogP contribution in [-0.2, 0) is 9.53 Å². The molecule has 242 valence electrons. The molecule has 1 aliphatic carbocycles. The van der Waals surface area contributed by atoms with Gasteiger partial charge in [0, 0.05) is 18.2 Å². The molecule has 11 heteroatoms. The highest BCUT2D eigenvalue weighted by molar-refractivity contribution is 6.11. The number of hydrogen-bond acceptors (Lipinski definition) is 7. The number of nitrogens with one attached hydrogen (secondary N) is 1. The molecule has 2 aromatic carbocycles. The van der Waals surface area contributed by atoms with E-state index in [1.54, 1.807) is 6.92 Å². The number of carbonyl (C=O) groups excluding carboxylic acids is 2. The van der Waals surface area contributed by atoms with Crippen molar-refractivity contribution in [3.05, 3.63) is 87.0 Å². The Balaban J connectivity index is 1.45. The van der Waals surface area contributed by atoms with E-state index < -0.39 is 51.9 Å². The first-order valence-corrected chi connectivity index (χ1v) is 15.2. The van der Waals surface area contributed by atoms with E-state index in [1.165, 1.54) is 18.2 Å². The first kappa shape index (κ1) is 33.8. The number of benzene rings is 2. The van der Waals surface area contributed by atoms with Gasteiger partial charge >= 0.3 is 5.97 Å². The Morgan fingerprint density at radius 1 is 0.978 bits per heavy atom. The van der Waals surface area contributed by atoms with E-state index in [9.17, 15) is 18.8 Å². The van der Waals surface area contributed by atoms with Gasteiger partial charge in [0.05, 0.1) is 17.7 Å². The number of rotatable bonds is 11. The van der Waals surface area contributed by atoms with Gasteiger partial charge < -0.3 is 20.5 Å². The lowest BCUT2D eigenvalue weighted by molar-refractivity contribution is -0.159. The predicted molar refractivity (Wildman–Crippen MR) is 165 cm³/mol. The number of hydrogen-bond donors (Lipinski definition) is 2. The third kappa shape index (κ3) is 8.33. The quantitative estimate of drug-likeness (QED) is 0.152. The Labute approximate surface area is 260 Å². The third-order valence-electron chi connectivity index (χ3n) is 7.69. The van der Waals surface area contributed by atoms with Crippen LogP contribution in [-0.4, -0.2) is 41.1 Å². The largest absolute Gasteiger partial charge is 0.493 e. The minimum atomic E-state index is -1.15. The first-order valence-electron chi connectivity index (χ1n) is 15.2. The van der Waals surface area contributed by atoms with Crippen LogP contribution in [0.3, 0.4) is 0 Å². The molecule has 0 saturated heterocycles. The van der Waals surface area contributed by atoms with Crippen molar-refractivity contribution in [2.24, 2.45) is 5.92 Å². The van der Waals surface area contributed by atoms with Crippen molar-refractivity contribution in [1.29, 1.82) is 0 Å². The molecule has 0 spiro atoms. The van der Waals surface area contributed by atoms with Gasteiger partial charge in [0.15, 0.2) is 17.4 Å². The molecule has 0 aliphatic heterocycles. The highest BCUT2D eigenvalue weighted by Crippen LogP contribution is 2.29. The van der Waals surface area contributed by atoms with E-state index in [0.29, 0.717) is 23.1 Å². The molecule has 1 aliphatic rings. The van der Waals surface area contributed by atoms with Crippen molar-refractivity contribution in [2.45, 2.75) is 77.9 Å². The van der Waals surface area contributed by atoms with Gasteiger partial charge in [-0.1, -0.05) is 25.3 Å². The van der Waals surface area contributed by atoms with Crippen LogP contribution in [0.1, 0.15) is 80.8 Å². The Hall–Kier alpha value is -4.12. The zero-order valence-corrected chi connectivity index (χ0v) is 26.1. The number of aryl methyl sites for hydroxylation is 1. The SMILES string of the molecule is Cc1ccc(C(=O)c2ccc(=O)n(-c3c(F)cc(OCCCN[C@H](C(=O)OC(C)(C)C)C4CCCCC4)cc3F)c2N)c(F)c1. The second-order valence-corrected chi connectivity index (χ2v) is 12.4. The number of nitrogen functional groups attached to an aromatic ring is 1. The van der Waals surface area contributed by atoms with Crippen molar-refractivity contribution < 1.29 is 32.2 Å². The maximum absolute atomic E-state index is 15.3. The maximum Gasteiger partial charge on any atom is 0.323 e. The molecule has 3 N–H and O–H groups in total. The van der Waals surface area contributed by atoms with Crippen LogP contribution in [0.4, 0.5) is 19.0 Å². The summed E-state index contributed by atoms with van der Waals surface area (Å²) < 4.78 is 56.8. The number of aromatic nitrogens is 1. The van der Waals surface area contributed by atoms with Gasteiger partial charge in [-0.3, -0.25) is 19.0 Å². The summed E-state index contributed by atoms with van der Waals surface area (Å²) in [6, 6.07) is 7.39. The molecule has 1 saturated carbocycles. The van der Waals surface area contributed by atoms with Gasteiger partial charge in [0.25, 0.3) is 5.56 Å². The van der Waals surface area contributed by atoms with Crippen LogP contribution in [0.15, 0.2) is 47.3 Å². The molecule has 3 aromatic rings. The fourth-order valence-corrected chi connectivity index (χ4v) is 5.56. The molecule has 1 fully saturated rings. The van der Waals surface area contributed by atoms with E-state index in [0.717, 1.165) is 56.4 Å². The van der Waals surface area contributed by atoms with E-state index in [-0.39, 0.29) is 35.4 Å². The molecule has 0 unspecified atom stereocenters. The van der Waals surface area contributed by atoms with Crippen LogP contribution in [0, 0.1) is 30.3 Å². The summed E-state index contributed by atoms with van der Waals surface area (Å²) in [5.74, 6) is -4.71. The monoisotopic (exact) mass is 627 g/mol. The number of ether oxygens (including phenoxy) is 2. The van der Waals surface area contributed by atoms with Gasteiger partial charge in [0.2, 0.25) is 0 Å². The number of ketones is 1. The molecule has 4 rings (SSSR count). The molecule has 1 heterocycles. The second-order valence-electron chi connectivity index (χ2n) is 12.4. The number of nitrogens with two attached hydrogens (primary N) is 1. The van der Waals surface area contributed by atoms with Crippen LogP contribution in [0.5, 0.6) is 5.75 Å². The summed E-state index contributed by atoms with van der Waals surface area (Å²) in [5.41, 5.74) is 3.79. The van der Waals surface area contributed by atoms with Gasteiger partial charge in [0.1, 0.15) is 34.7 Å². The summed E-state index contributed by atoms with van der Waals surface area (Å²) in [6.07, 6.45) is 5.58. The van der Waals surface area contributed by atoms with Crippen molar-refractivity contribution in [3.8, 4) is 11.4 Å². The van der Waals surface area contributed by atoms with Crippen LogP contribution >= 0.6 is 0 Å². The van der Waals surface area contributed by atoms with Gasteiger partial charge in [-0.15, -0.1) is 0 Å². The highest BCUT2D eigenvalue weighted by Gasteiger charge is 2.32. The molecule has 1 aromatic heterocycles. The van der Waals surface area contributed by atoms with E-state index >= 15 is 8.78 Å². The summed E-state index contributed by atoms with van der Waals surface area (Å²) in [4.78, 5) is 38.6. The lowest BCUT2D eigenvalue weighted by Gasteiger charge is -2.32. The van der Waals surface area contributed by atoms with Crippen molar-refractivity contribution in [1.82, 2.24) is 9.88 Å². The lowest BCUT2D eigenvalue weighted by Crippen LogP contribution is -2.47. The maximum atomic E-state index is 15.3. The molecular formula is C34H40F3N3O5. The average molecular weight is 628 g/mol. The van der Waals surface area contributed by atoms with Crippen LogP contribution in [0.2, 0.25) is 0 Å². The van der Waals surface area contributed by atoms with E-state index in [1.807, 2.05) is 20.8 Å². The molecular weight excluding hydrogens is 587 g/mol.